The average molecular weight is 541 g/mol. The Morgan fingerprint density at radius 1 is 1.16 bits per heavy atom. The molecular weight excluding hydrogens is 508 g/mol. The van der Waals surface area contributed by atoms with Gasteiger partial charge in [0.1, 0.15) is 35.6 Å². The third-order valence-corrected chi connectivity index (χ3v) is 7.17. The van der Waals surface area contributed by atoms with Gasteiger partial charge in [0.15, 0.2) is 17.8 Å². The van der Waals surface area contributed by atoms with E-state index in [1.54, 1.807) is 6.07 Å². The SMILES string of the molecule is COc1cc(/C=C/C(=O)O[C@@]2(C)C[C@@H](O)[C@@]3(O)C=CO[C@@H](O[C@@H]4O[C@H](CO)[C@@H](O)[C@H](O)[C@H]4O)[C@@H]32)ccc1O. The van der Waals surface area contributed by atoms with Crippen molar-refractivity contribution >= 4 is 12.0 Å². The standard InChI is InChI=1S/C25H32O13/c1-24(38-17(29)6-4-12-3-5-13(27)14(9-12)34-2)10-16(28)25(33)7-8-35-23(21(24)25)37-22-20(32)19(31)18(30)15(11-26)36-22/h3-9,15-16,18-23,26-28,30-33H,10-11H2,1-2H3/b6-4+/t15-,16-,18-,19+,20-,21-,22+,23+,24+,25+/m1/s1. The molecule has 2 aliphatic heterocycles. The first-order chi connectivity index (χ1) is 17.9. The van der Waals surface area contributed by atoms with E-state index in [1.807, 2.05) is 0 Å². The van der Waals surface area contributed by atoms with Gasteiger partial charge in [-0.3, -0.25) is 0 Å². The van der Waals surface area contributed by atoms with Gasteiger partial charge in [0.2, 0.25) is 6.29 Å². The normalized spacial score (nSPS) is 40.5. The van der Waals surface area contributed by atoms with E-state index in [0.29, 0.717) is 5.56 Å². The summed E-state index contributed by atoms with van der Waals surface area (Å²) in [5.74, 6) is -1.92. The Kier molecular flexibility index (Phi) is 8.02. The van der Waals surface area contributed by atoms with Crippen LogP contribution in [0.3, 0.4) is 0 Å². The van der Waals surface area contributed by atoms with E-state index in [2.05, 4.69) is 0 Å². The molecule has 13 nitrogen and oxygen atoms in total. The molecule has 2 heterocycles. The molecule has 1 aromatic rings. The van der Waals surface area contributed by atoms with Crippen molar-refractivity contribution in [3.63, 3.8) is 0 Å². The number of aliphatic hydroxyl groups is 6. The van der Waals surface area contributed by atoms with E-state index in [0.717, 1.165) is 12.3 Å². The highest BCUT2D eigenvalue weighted by Gasteiger charge is 2.66. The summed E-state index contributed by atoms with van der Waals surface area (Å²) >= 11 is 0. The fraction of sp³-hybridized carbons (Fsp3) is 0.560. The number of aromatic hydroxyl groups is 1. The minimum atomic E-state index is -1.96. The first kappa shape index (κ1) is 28.3. The fourth-order valence-electron chi connectivity index (χ4n) is 5.15. The van der Waals surface area contributed by atoms with Gasteiger partial charge in [0, 0.05) is 12.5 Å². The van der Waals surface area contributed by atoms with Crippen LogP contribution in [0.1, 0.15) is 18.9 Å². The van der Waals surface area contributed by atoms with Crippen LogP contribution < -0.4 is 4.74 Å². The van der Waals surface area contributed by atoms with Gasteiger partial charge < -0.3 is 59.4 Å². The number of fused-ring (bicyclic) bond motifs is 1. The molecule has 1 aromatic carbocycles. The Hall–Kier alpha value is -2.75. The number of carbonyl (C=O) groups excluding carboxylic acids is 1. The number of esters is 1. The van der Waals surface area contributed by atoms with Crippen molar-refractivity contribution in [2.75, 3.05) is 13.7 Å². The average Bonchev–Trinajstić information content (AvgIpc) is 3.08. The number of carbonyl (C=O) groups is 1. The number of benzene rings is 1. The monoisotopic (exact) mass is 540 g/mol. The first-order valence-electron chi connectivity index (χ1n) is 11.9. The largest absolute Gasteiger partial charge is 0.504 e. The van der Waals surface area contributed by atoms with Crippen LogP contribution in [0, 0.1) is 5.92 Å². The lowest BCUT2D eigenvalue weighted by Crippen LogP contribution is -2.62. The number of phenolic OH excluding ortho intramolecular Hbond substituents is 1. The second-order valence-corrected chi connectivity index (χ2v) is 9.72. The molecule has 0 bridgehead atoms. The van der Waals surface area contributed by atoms with Crippen LogP contribution in [0.2, 0.25) is 0 Å². The van der Waals surface area contributed by atoms with Crippen molar-refractivity contribution in [1.29, 1.82) is 0 Å². The van der Waals surface area contributed by atoms with Crippen molar-refractivity contribution < 1.29 is 64.2 Å². The molecule has 0 amide bonds. The van der Waals surface area contributed by atoms with E-state index in [9.17, 15) is 40.5 Å². The first-order valence-corrected chi connectivity index (χ1v) is 11.9. The zero-order valence-corrected chi connectivity index (χ0v) is 20.7. The van der Waals surface area contributed by atoms with E-state index >= 15 is 0 Å². The number of phenols is 1. The minimum absolute atomic E-state index is 0.0743. The van der Waals surface area contributed by atoms with Crippen molar-refractivity contribution in [3.8, 4) is 11.5 Å². The number of hydrogen-bond acceptors (Lipinski definition) is 13. The van der Waals surface area contributed by atoms with Crippen molar-refractivity contribution in [2.45, 2.75) is 67.6 Å². The lowest BCUT2D eigenvalue weighted by Gasteiger charge is -2.45. The maximum Gasteiger partial charge on any atom is 0.331 e. The summed E-state index contributed by atoms with van der Waals surface area (Å²) in [6.45, 7) is 0.789. The number of rotatable bonds is 7. The number of methoxy groups -OCH3 is 1. The Balaban J connectivity index is 1.54. The molecule has 0 radical (unpaired) electrons. The summed E-state index contributed by atoms with van der Waals surface area (Å²) in [5, 5.41) is 71.7. The van der Waals surface area contributed by atoms with Crippen LogP contribution in [-0.2, 0) is 23.7 Å². The fourth-order valence-corrected chi connectivity index (χ4v) is 5.15. The third kappa shape index (κ3) is 5.11. The molecule has 0 unspecified atom stereocenters. The van der Waals surface area contributed by atoms with Gasteiger partial charge in [-0.15, -0.1) is 0 Å². The summed E-state index contributed by atoms with van der Waals surface area (Å²) in [7, 11) is 1.38. The molecule has 10 atom stereocenters. The lowest BCUT2D eigenvalue weighted by atomic mass is 9.81. The highest BCUT2D eigenvalue weighted by atomic mass is 16.8. The van der Waals surface area contributed by atoms with Crippen LogP contribution in [0.25, 0.3) is 6.08 Å². The number of aliphatic hydroxyl groups excluding tert-OH is 5. The zero-order valence-electron chi connectivity index (χ0n) is 20.7. The van der Waals surface area contributed by atoms with Crippen LogP contribution in [0.15, 0.2) is 36.6 Å². The van der Waals surface area contributed by atoms with Crippen LogP contribution in [0.5, 0.6) is 11.5 Å². The molecule has 4 rings (SSSR count). The summed E-state index contributed by atoms with van der Waals surface area (Å²) in [6.07, 6.45) is -6.16. The van der Waals surface area contributed by atoms with Gasteiger partial charge >= 0.3 is 5.97 Å². The molecule has 210 valence electrons. The molecule has 13 heteroatoms. The van der Waals surface area contributed by atoms with Crippen LogP contribution in [0.4, 0.5) is 0 Å². The molecule has 0 aromatic heterocycles. The smallest absolute Gasteiger partial charge is 0.331 e. The third-order valence-electron chi connectivity index (χ3n) is 7.17. The number of ether oxygens (including phenoxy) is 5. The molecule has 7 N–H and O–H groups in total. The molecule has 38 heavy (non-hydrogen) atoms. The minimum Gasteiger partial charge on any atom is -0.504 e. The molecule has 2 fully saturated rings. The predicted octanol–water partition coefficient (Wildman–Crippen LogP) is -1.49. The molecule has 1 saturated heterocycles. The van der Waals surface area contributed by atoms with Gasteiger partial charge in [0.25, 0.3) is 0 Å². The lowest BCUT2D eigenvalue weighted by molar-refractivity contribution is -0.351. The Bertz CT molecular complexity index is 1070. The van der Waals surface area contributed by atoms with E-state index in [4.69, 9.17) is 23.7 Å². The van der Waals surface area contributed by atoms with Crippen molar-refractivity contribution in [2.24, 2.45) is 5.92 Å². The van der Waals surface area contributed by atoms with Gasteiger partial charge in [-0.2, -0.15) is 0 Å². The van der Waals surface area contributed by atoms with E-state index in [1.165, 1.54) is 38.3 Å². The van der Waals surface area contributed by atoms with Gasteiger partial charge in [-0.1, -0.05) is 6.07 Å². The summed E-state index contributed by atoms with van der Waals surface area (Å²) < 4.78 is 27.3. The van der Waals surface area contributed by atoms with Crippen molar-refractivity contribution in [1.82, 2.24) is 0 Å². The maximum absolute atomic E-state index is 12.8. The van der Waals surface area contributed by atoms with E-state index < -0.39 is 72.8 Å². The maximum atomic E-state index is 12.8. The molecule has 3 aliphatic rings. The summed E-state index contributed by atoms with van der Waals surface area (Å²) in [5.41, 5.74) is -2.98. The topological polar surface area (TPSA) is 205 Å². The molecular formula is C25H32O13. The summed E-state index contributed by atoms with van der Waals surface area (Å²) in [4.78, 5) is 12.8. The van der Waals surface area contributed by atoms with Gasteiger partial charge in [-0.05, 0) is 36.8 Å². The molecule has 1 aliphatic carbocycles. The summed E-state index contributed by atoms with van der Waals surface area (Å²) in [6, 6.07) is 4.44. The highest BCUT2D eigenvalue weighted by molar-refractivity contribution is 5.87. The van der Waals surface area contributed by atoms with Gasteiger partial charge in [0.05, 0.1) is 32.0 Å². The zero-order chi connectivity index (χ0) is 27.8. The molecule has 1 saturated carbocycles. The Labute approximate surface area is 217 Å². The Morgan fingerprint density at radius 3 is 2.58 bits per heavy atom. The van der Waals surface area contributed by atoms with E-state index in [-0.39, 0.29) is 17.9 Å². The highest BCUT2D eigenvalue weighted by Crippen LogP contribution is 2.51. The number of hydrogen-bond donors (Lipinski definition) is 7. The predicted molar refractivity (Wildman–Crippen MR) is 126 cm³/mol. The Morgan fingerprint density at radius 2 is 1.89 bits per heavy atom. The molecule has 0 spiro atoms. The van der Waals surface area contributed by atoms with Gasteiger partial charge in [-0.25, -0.2) is 4.79 Å². The van der Waals surface area contributed by atoms with Crippen molar-refractivity contribution in [3.05, 3.63) is 42.2 Å². The van der Waals surface area contributed by atoms with Crippen LogP contribution in [-0.4, -0.2) is 110 Å². The van der Waals surface area contributed by atoms with Crippen LogP contribution >= 0.6 is 0 Å². The second kappa shape index (κ2) is 10.8. The quantitative estimate of drug-likeness (QED) is 0.156. The second-order valence-electron chi connectivity index (χ2n) is 9.72.